The van der Waals surface area contributed by atoms with Gasteiger partial charge in [0.1, 0.15) is 23.6 Å². The second-order valence-electron chi connectivity index (χ2n) is 9.23. The molecule has 0 bridgehead atoms. The van der Waals surface area contributed by atoms with E-state index >= 15 is 0 Å². The summed E-state index contributed by atoms with van der Waals surface area (Å²) in [4.78, 5) is 17.1. The maximum absolute atomic E-state index is 5.66. The Morgan fingerprint density at radius 3 is 2.50 bits per heavy atom. The molecule has 7 heteroatoms. The molecule has 0 radical (unpaired) electrons. The molecule has 0 amide bonds. The Hall–Kier alpha value is -2.38. The molecule has 1 aliphatic carbocycles. The molecule has 1 unspecified atom stereocenters. The number of ether oxygens (including phenoxy) is 2. The van der Waals surface area contributed by atoms with Gasteiger partial charge in [0.15, 0.2) is 0 Å². The van der Waals surface area contributed by atoms with E-state index in [1.54, 1.807) is 20.5 Å². The molecule has 3 aliphatic rings. The van der Waals surface area contributed by atoms with Gasteiger partial charge in [-0.25, -0.2) is 9.97 Å². The summed E-state index contributed by atoms with van der Waals surface area (Å²) in [5, 5.41) is 0. The molecule has 7 nitrogen and oxygen atoms in total. The molecule has 1 aromatic carbocycles. The lowest BCUT2D eigenvalue weighted by Crippen LogP contribution is -2.52. The van der Waals surface area contributed by atoms with E-state index in [-0.39, 0.29) is 6.04 Å². The van der Waals surface area contributed by atoms with E-state index in [1.807, 2.05) is 12.1 Å². The lowest BCUT2D eigenvalue weighted by Gasteiger charge is -2.44. The molecule has 3 heterocycles. The SMILES string of the molecule is COc1ccc(C(C)N2CCc3c(ncnc3N3CCN(C4CCC4)CC3)C2)c(OC)c1. The Morgan fingerprint density at radius 2 is 1.81 bits per heavy atom. The molecule has 1 atom stereocenters. The molecule has 32 heavy (non-hydrogen) atoms. The fourth-order valence-corrected chi connectivity index (χ4v) is 5.37. The molecule has 1 saturated carbocycles. The number of hydrogen-bond donors (Lipinski definition) is 0. The molecule has 172 valence electrons. The summed E-state index contributed by atoms with van der Waals surface area (Å²) in [6.45, 7) is 8.53. The fraction of sp³-hybridized carbons (Fsp3) is 0.600. The van der Waals surface area contributed by atoms with Crippen LogP contribution in [0.25, 0.3) is 0 Å². The van der Waals surface area contributed by atoms with Gasteiger partial charge in [-0.2, -0.15) is 0 Å². The van der Waals surface area contributed by atoms with Crippen LogP contribution in [-0.4, -0.2) is 72.8 Å². The summed E-state index contributed by atoms with van der Waals surface area (Å²) in [5.41, 5.74) is 3.69. The van der Waals surface area contributed by atoms with Crippen LogP contribution >= 0.6 is 0 Å². The van der Waals surface area contributed by atoms with E-state index in [9.17, 15) is 0 Å². The van der Waals surface area contributed by atoms with Crippen LogP contribution in [0.2, 0.25) is 0 Å². The standard InChI is InChI=1S/C25H35N5O2/c1-18(21-8-7-20(31-2)15-24(21)32-3)30-10-9-22-23(16-30)26-17-27-25(22)29-13-11-28(12-14-29)19-5-4-6-19/h7-8,15,17-19H,4-6,9-14,16H2,1-3H3. The van der Waals surface area contributed by atoms with Crippen molar-refractivity contribution in [3.8, 4) is 11.5 Å². The highest BCUT2D eigenvalue weighted by Gasteiger charge is 2.31. The maximum atomic E-state index is 5.66. The number of benzene rings is 1. The van der Waals surface area contributed by atoms with Crippen molar-refractivity contribution in [2.45, 2.75) is 51.2 Å². The van der Waals surface area contributed by atoms with Crippen molar-refractivity contribution in [2.75, 3.05) is 51.8 Å². The van der Waals surface area contributed by atoms with Crippen LogP contribution < -0.4 is 14.4 Å². The monoisotopic (exact) mass is 437 g/mol. The van der Waals surface area contributed by atoms with Crippen molar-refractivity contribution >= 4 is 5.82 Å². The minimum absolute atomic E-state index is 0.230. The van der Waals surface area contributed by atoms with E-state index in [0.717, 1.165) is 69.0 Å². The van der Waals surface area contributed by atoms with Crippen LogP contribution in [0.5, 0.6) is 11.5 Å². The summed E-state index contributed by atoms with van der Waals surface area (Å²) in [6.07, 6.45) is 6.92. The highest BCUT2D eigenvalue weighted by molar-refractivity contribution is 5.50. The molecular formula is C25H35N5O2. The van der Waals surface area contributed by atoms with Gasteiger partial charge >= 0.3 is 0 Å². The molecule has 1 aromatic heterocycles. The number of hydrogen-bond acceptors (Lipinski definition) is 7. The largest absolute Gasteiger partial charge is 0.497 e. The van der Waals surface area contributed by atoms with Gasteiger partial charge in [0.2, 0.25) is 0 Å². The fourth-order valence-electron chi connectivity index (χ4n) is 5.37. The Kier molecular flexibility index (Phi) is 6.20. The lowest BCUT2D eigenvalue weighted by molar-refractivity contribution is 0.120. The van der Waals surface area contributed by atoms with Gasteiger partial charge in [-0.3, -0.25) is 9.80 Å². The second-order valence-corrected chi connectivity index (χ2v) is 9.23. The third-order valence-corrected chi connectivity index (χ3v) is 7.66. The van der Waals surface area contributed by atoms with E-state index in [0.29, 0.717) is 0 Å². The lowest BCUT2D eigenvalue weighted by atomic mass is 9.91. The van der Waals surface area contributed by atoms with E-state index in [2.05, 4.69) is 27.7 Å². The van der Waals surface area contributed by atoms with Crippen molar-refractivity contribution in [3.05, 3.63) is 41.3 Å². The first-order valence-corrected chi connectivity index (χ1v) is 12.0. The molecule has 2 aromatic rings. The first-order chi connectivity index (χ1) is 15.7. The Morgan fingerprint density at radius 1 is 1.00 bits per heavy atom. The molecule has 2 fully saturated rings. The van der Waals surface area contributed by atoms with Crippen molar-refractivity contribution < 1.29 is 9.47 Å². The normalized spacial score (nSPS) is 21.0. The van der Waals surface area contributed by atoms with Gasteiger partial charge in [-0.1, -0.05) is 12.5 Å². The molecule has 5 rings (SSSR count). The topological polar surface area (TPSA) is 54.0 Å². The van der Waals surface area contributed by atoms with E-state index < -0.39 is 0 Å². The first-order valence-electron chi connectivity index (χ1n) is 12.0. The summed E-state index contributed by atoms with van der Waals surface area (Å²) < 4.78 is 11.0. The predicted octanol–water partition coefficient (Wildman–Crippen LogP) is 3.29. The van der Waals surface area contributed by atoms with E-state index in [1.165, 1.54) is 36.1 Å². The highest BCUT2D eigenvalue weighted by Crippen LogP contribution is 2.36. The van der Waals surface area contributed by atoms with Gasteiger partial charge in [-0.15, -0.1) is 0 Å². The van der Waals surface area contributed by atoms with Gasteiger partial charge in [0.05, 0.1) is 19.9 Å². The zero-order valence-electron chi connectivity index (χ0n) is 19.6. The number of anilines is 1. The summed E-state index contributed by atoms with van der Waals surface area (Å²) >= 11 is 0. The van der Waals surface area contributed by atoms with Gasteiger partial charge in [0, 0.05) is 68.5 Å². The number of methoxy groups -OCH3 is 2. The third-order valence-electron chi connectivity index (χ3n) is 7.66. The van der Waals surface area contributed by atoms with Crippen molar-refractivity contribution in [2.24, 2.45) is 0 Å². The Labute approximate surface area is 191 Å². The van der Waals surface area contributed by atoms with Crippen LogP contribution in [0.4, 0.5) is 5.82 Å². The van der Waals surface area contributed by atoms with Crippen molar-refractivity contribution in [3.63, 3.8) is 0 Å². The molecular weight excluding hydrogens is 402 g/mol. The summed E-state index contributed by atoms with van der Waals surface area (Å²) in [6, 6.07) is 7.16. The molecule has 2 aliphatic heterocycles. The average molecular weight is 438 g/mol. The Balaban J connectivity index is 1.30. The van der Waals surface area contributed by atoms with Crippen LogP contribution in [0.3, 0.4) is 0 Å². The van der Waals surface area contributed by atoms with Gasteiger partial charge < -0.3 is 14.4 Å². The number of aromatic nitrogens is 2. The van der Waals surface area contributed by atoms with Gasteiger partial charge in [0.25, 0.3) is 0 Å². The smallest absolute Gasteiger partial charge is 0.135 e. The second kappa shape index (κ2) is 9.24. The summed E-state index contributed by atoms with van der Waals surface area (Å²) in [7, 11) is 3.41. The minimum atomic E-state index is 0.230. The summed E-state index contributed by atoms with van der Waals surface area (Å²) in [5.74, 6) is 2.85. The number of fused-ring (bicyclic) bond motifs is 1. The predicted molar refractivity (Wildman–Crippen MR) is 126 cm³/mol. The number of piperazine rings is 1. The quantitative estimate of drug-likeness (QED) is 0.687. The third kappa shape index (κ3) is 4.04. The average Bonchev–Trinajstić information content (AvgIpc) is 2.82. The zero-order valence-corrected chi connectivity index (χ0v) is 19.6. The highest BCUT2D eigenvalue weighted by atomic mass is 16.5. The number of nitrogens with zero attached hydrogens (tertiary/aromatic N) is 5. The molecule has 0 N–H and O–H groups in total. The van der Waals surface area contributed by atoms with E-state index in [4.69, 9.17) is 19.4 Å². The van der Waals surface area contributed by atoms with Crippen LogP contribution in [0.15, 0.2) is 24.5 Å². The molecule has 1 saturated heterocycles. The maximum Gasteiger partial charge on any atom is 0.135 e. The number of rotatable bonds is 6. The zero-order chi connectivity index (χ0) is 22.1. The van der Waals surface area contributed by atoms with Crippen LogP contribution in [0.1, 0.15) is 49.0 Å². The first kappa shape index (κ1) is 21.5. The Bertz CT molecular complexity index is 940. The van der Waals surface area contributed by atoms with Crippen LogP contribution in [-0.2, 0) is 13.0 Å². The minimum Gasteiger partial charge on any atom is -0.497 e. The van der Waals surface area contributed by atoms with Gasteiger partial charge in [-0.05, 0) is 32.3 Å². The van der Waals surface area contributed by atoms with Crippen molar-refractivity contribution in [1.29, 1.82) is 0 Å². The van der Waals surface area contributed by atoms with Crippen LogP contribution in [0, 0.1) is 0 Å². The molecule has 0 spiro atoms. The van der Waals surface area contributed by atoms with Crippen molar-refractivity contribution in [1.82, 2.24) is 19.8 Å².